The minimum absolute atomic E-state index is 0.204. The molecular weight excluding hydrogens is 192 g/mol. The molecule has 0 aliphatic carbocycles. The Morgan fingerprint density at radius 3 is 3.13 bits per heavy atom. The topological polar surface area (TPSA) is 65.5 Å². The second-order valence-corrected chi connectivity index (χ2v) is 3.44. The molecule has 0 saturated heterocycles. The van der Waals surface area contributed by atoms with Gasteiger partial charge in [-0.25, -0.2) is 9.79 Å². The molecule has 1 heterocycles. The van der Waals surface area contributed by atoms with Crippen LogP contribution in [0, 0.1) is 0 Å². The van der Waals surface area contributed by atoms with Crippen LogP contribution < -0.4 is 16.0 Å². The van der Waals surface area contributed by atoms with E-state index < -0.39 is 0 Å². The minimum Gasteiger partial charge on any atom is -0.338 e. The van der Waals surface area contributed by atoms with Crippen LogP contribution in [0.4, 0.5) is 4.79 Å². The molecule has 15 heavy (non-hydrogen) atoms. The molecule has 1 aliphatic rings. The van der Waals surface area contributed by atoms with Gasteiger partial charge >= 0.3 is 6.03 Å². The summed E-state index contributed by atoms with van der Waals surface area (Å²) < 4.78 is 0. The highest BCUT2D eigenvalue weighted by Gasteiger charge is 2.07. The SMILES string of the molecule is CCCCNC(=O)NC1=NCC=C(C)N1. The molecule has 0 bridgehead atoms. The molecule has 5 heteroatoms. The normalized spacial score (nSPS) is 14.8. The van der Waals surface area contributed by atoms with Crippen molar-refractivity contribution in [3.63, 3.8) is 0 Å². The second-order valence-electron chi connectivity index (χ2n) is 3.44. The van der Waals surface area contributed by atoms with Gasteiger partial charge in [0, 0.05) is 12.2 Å². The molecule has 0 spiro atoms. The lowest BCUT2D eigenvalue weighted by Crippen LogP contribution is -2.46. The van der Waals surface area contributed by atoms with E-state index in [1.54, 1.807) is 0 Å². The molecule has 0 aromatic heterocycles. The monoisotopic (exact) mass is 210 g/mol. The number of carbonyl (C=O) groups is 1. The van der Waals surface area contributed by atoms with Gasteiger partial charge in [-0.15, -0.1) is 0 Å². The van der Waals surface area contributed by atoms with E-state index in [4.69, 9.17) is 0 Å². The van der Waals surface area contributed by atoms with E-state index in [0.717, 1.165) is 18.5 Å². The molecule has 1 aliphatic heterocycles. The highest BCUT2D eigenvalue weighted by atomic mass is 16.2. The number of urea groups is 1. The van der Waals surface area contributed by atoms with Crippen molar-refractivity contribution in [1.29, 1.82) is 0 Å². The van der Waals surface area contributed by atoms with Crippen molar-refractivity contribution in [1.82, 2.24) is 16.0 Å². The van der Waals surface area contributed by atoms with Gasteiger partial charge in [0.1, 0.15) is 0 Å². The molecule has 0 saturated carbocycles. The minimum atomic E-state index is -0.204. The Morgan fingerprint density at radius 2 is 2.47 bits per heavy atom. The van der Waals surface area contributed by atoms with Crippen LogP contribution in [-0.2, 0) is 0 Å². The molecule has 84 valence electrons. The van der Waals surface area contributed by atoms with Crippen LogP contribution >= 0.6 is 0 Å². The van der Waals surface area contributed by atoms with Gasteiger partial charge in [-0.3, -0.25) is 5.32 Å². The summed E-state index contributed by atoms with van der Waals surface area (Å²) in [7, 11) is 0. The lowest BCUT2D eigenvalue weighted by molar-refractivity contribution is 0.245. The summed E-state index contributed by atoms with van der Waals surface area (Å²) in [5.41, 5.74) is 1.01. The Labute approximate surface area is 90.0 Å². The zero-order valence-corrected chi connectivity index (χ0v) is 9.26. The van der Waals surface area contributed by atoms with E-state index in [1.165, 1.54) is 0 Å². The Hall–Kier alpha value is -1.52. The van der Waals surface area contributed by atoms with Crippen LogP contribution in [0.2, 0.25) is 0 Å². The van der Waals surface area contributed by atoms with Crippen molar-refractivity contribution < 1.29 is 4.79 Å². The average Bonchev–Trinajstić information content (AvgIpc) is 2.18. The third-order valence-electron chi connectivity index (χ3n) is 2.01. The smallest absolute Gasteiger partial charge is 0.321 e. The fraction of sp³-hybridized carbons (Fsp3) is 0.600. The van der Waals surface area contributed by atoms with Crippen LogP contribution in [0.15, 0.2) is 16.8 Å². The summed E-state index contributed by atoms with van der Waals surface area (Å²) in [5.74, 6) is 0.518. The molecule has 5 nitrogen and oxygen atoms in total. The van der Waals surface area contributed by atoms with Crippen molar-refractivity contribution in [3.05, 3.63) is 11.8 Å². The maximum absolute atomic E-state index is 11.3. The van der Waals surface area contributed by atoms with Gasteiger partial charge in [0.25, 0.3) is 0 Å². The predicted molar refractivity (Wildman–Crippen MR) is 60.6 cm³/mol. The van der Waals surface area contributed by atoms with Gasteiger partial charge in [-0.2, -0.15) is 0 Å². The summed E-state index contributed by atoms with van der Waals surface area (Å²) in [6, 6.07) is -0.204. The number of hydrogen-bond acceptors (Lipinski definition) is 3. The van der Waals surface area contributed by atoms with Gasteiger partial charge in [-0.1, -0.05) is 13.3 Å². The molecule has 0 aromatic rings. The van der Waals surface area contributed by atoms with Crippen molar-refractivity contribution in [3.8, 4) is 0 Å². The van der Waals surface area contributed by atoms with Gasteiger partial charge in [0.05, 0.1) is 6.54 Å². The number of nitrogens with zero attached hydrogens (tertiary/aromatic N) is 1. The van der Waals surface area contributed by atoms with Crippen LogP contribution in [0.25, 0.3) is 0 Å². The Morgan fingerprint density at radius 1 is 1.67 bits per heavy atom. The maximum Gasteiger partial charge on any atom is 0.321 e. The first-order valence-corrected chi connectivity index (χ1v) is 5.25. The fourth-order valence-electron chi connectivity index (χ4n) is 1.15. The molecule has 0 fully saturated rings. The average molecular weight is 210 g/mol. The Bertz CT molecular complexity index is 283. The second kappa shape index (κ2) is 6.06. The van der Waals surface area contributed by atoms with E-state index in [2.05, 4.69) is 27.9 Å². The number of carbonyl (C=O) groups excluding carboxylic acids is 1. The van der Waals surface area contributed by atoms with E-state index in [9.17, 15) is 4.79 Å². The lowest BCUT2D eigenvalue weighted by atomic mass is 10.3. The molecule has 1 rings (SSSR count). The van der Waals surface area contributed by atoms with Crippen LogP contribution in [0.5, 0.6) is 0 Å². The molecule has 0 atom stereocenters. The summed E-state index contributed by atoms with van der Waals surface area (Å²) in [6.45, 7) is 5.33. The number of aliphatic imine (C=N–C) groups is 1. The highest BCUT2D eigenvalue weighted by molar-refractivity contribution is 5.97. The number of allylic oxidation sites excluding steroid dienone is 1. The third kappa shape index (κ3) is 4.49. The Balaban J connectivity index is 2.23. The number of rotatable bonds is 3. The van der Waals surface area contributed by atoms with Gasteiger partial charge in [-0.05, 0) is 19.4 Å². The zero-order chi connectivity index (χ0) is 11.1. The van der Waals surface area contributed by atoms with Crippen molar-refractivity contribution in [2.75, 3.05) is 13.1 Å². The lowest BCUT2D eigenvalue weighted by Gasteiger charge is -2.15. The first-order valence-electron chi connectivity index (χ1n) is 5.25. The zero-order valence-electron chi connectivity index (χ0n) is 9.26. The van der Waals surface area contributed by atoms with Gasteiger partial charge in [0.2, 0.25) is 5.96 Å². The quantitative estimate of drug-likeness (QED) is 0.607. The first kappa shape index (κ1) is 11.6. The number of amides is 2. The molecule has 3 N–H and O–H groups in total. The maximum atomic E-state index is 11.3. The number of guanidine groups is 1. The summed E-state index contributed by atoms with van der Waals surface area (Å²) in [4.78, 5) is 15.4. The summed E-state index contributed by atoms with van der Waals surface area (Å²) in [5, 5.41) is 8.39. The van der Waals surface area contributed by atoms with E-state index in [-0.39, 0.29) is 6.03 Å². The van der Waals surface area contributed by atoms with Crippen molar-refractivity contribution in [2.24, 2.45) is 4.99 Å². The van der Waals surface area contributed by atoms with Crippen LogP contribution in [0.1, 0.15) is 26.7 Å². The molecule has 0 unspecified atom stereocenters. The van der Waals surface area contributed by atoms with E-state index in [1.807, 2.05) is 13.0 Å². The summed E-state index contributed by atoms with van der Waals surface area (Å²) in [6.07, 6.45) is 4.02. The third-order valence-corrected chi connectivity index (χ3v) is 2.01. The fourth-order valence-corrected chi connectivity index (χ4v) is 1.15. The largest absolute Gasteiger partial charge is 0.338 e. The van der Waals surface area contributed by atoms with E-state index in [0.29, 0.717) is 19.0 Å². The van der Waals surface area contributed by atoms with Gasteiger partial charge in [0.15, 0.2) is 0 Å². The first-order chi connectivity index (χ1) is 7.22. The van der Waals surface area contributed by atoms with Crippen LogP contribution in [-0.4, -0.2) is 25.1 Å². The standard InChI is InChI=1S/C10H18N4O/c1-3-4-6-12-10(15)14-9-11-7-5-8(2)13-9/h5H,3-4,6-7H2,1-2H3,(H3,11,12,13,14,15). The van der Waals surface area contributed by atoms with Crippen LogP contribution in [0.3, 0.4) is 0 Å². The van der Waals surface area contributed by atoms with Crippen molar-refractivity contribution >= 4 is 12.0 Å². The molecular formula is C10H18N4O. The molecule has 0 radical (unpaired) electrons. The van der Waals surface area contributed by atoms with Crippen molar-refractivity contribution in [2.45, 2.75) is 26.7 Å². The Kier molecular flexibility index (Phi) is 4.66. The van der Waals surface area contributed by atoms with E-state index >= 15 is 0 Å². The number of hydrogen-bond donors (Lipinski definition) is 3. The number of nitrogens with one attached hydrogen (secondary N) is 3. The highest BCUT2D eigenvalue weighted by Crippen LogP contribution is 1.93. The number of unbranched alkanes of at least 4 members (excludes halogenated alkanes) is 1. The predicted octanol–water partition coefficient (Wildman–Crippen LogP) is 0.949. The van der Waals surface area contributed by atoms with Gasteiger partial charge < -0.3 is 10.6 Å². The molecule has 2 amide bonds. The summed E-state index contributed by atoms with van der Waals surface area (Å²) >= 11 is 0. The molecule has 0 aromatic carbocycles.